The molecule has 0 radical (unpaired) electrons. The van der Waals surface area contributed by atoms with E-state index < -0.39 is 0 Å². The van der Waals surface area contributed by atoms with Crippen LogP contribution in [0.4, 0.5) is 0 Å². The number of thiol groups is 1. The Hall–Kier alpha value is 1.13. The summed E-state index contributed by atoms with van der Waals surface area (Å²) in [5, 5.41) is 0. The monoisotopic (exact) mass is 443 g/mol. The van der Waals surface area contributed by atoms with Crippen molar-refractivity contribution in [2.24, 2.45) is 5.92 Å². The molecule has 0 aromatic heterocycles. The van der Waals surface area contributed by atoms with Crippen molar-refractivity contribution >= 4 is 55.6 Å². The second-order valence-corrected chi connectivity index (χ2v) is 4.42. The Morgan fingerprint density at radius 2 is 1.87 bits per heavy atom. The van der Waals surface area contributed by atoms with E-state index in [9.17, 15) is 4.79 Å². The molecule has 1 aliphatic carbocycles. The van der Waals surface area contributed by atoms with Gasteiger partial charge in [0.25, 0.3) is 0 Å². The largest absolute Gasteiger partial charge is 0.813 e. The van der Waals surface area contributed by atoms with E-state index in [1.165, 1.54) is 0 Å². The normalized spacial score (nSPS) is 24.5. The van der Waals surface area contributed by atoms with Crippen LogP contribution in [0, 0.1) is 5.92 Å². The fourth-order valence-electron chi connectivity index (χ4n) is 1.69. The molecule has 0 bridgehead atoms. The number of rotatable bonds is 3. The first-order chi connectivity index (χ1) is 6.27. The Balaban J connectivity index is 0. The van der Waals surface area contributed by atoms with Crippen molar-refractivity contribution in [3.63, 3.8) is 0 Å². The molecule has 6 heteroatoms. The fraction of sp³-hybridized carbons (Fsp3) is 0.889. The molecule has 0 N–H and O–H groups in total. The molecule has 3 nitrogen and oxygen atoms in total. The van der Waals surface area contributed by atoms with Crippen molar-refractivity contribution in [3.8, 4) is 0 Å². The quantitative estimate of drug-likeness (QED) is 0.215. The van der Waals surface area contributed by atoms with Gasteiger partial charge in [-0.15, -0.1) is 0 Å². The molecule has 1 unspecified atom stereocenters. The molecule has 0 heterocycles. The molecule has 0 amide bonds. The van der Waals surface area contributed by atoms with Gasteiger partial charge in [0.05, 0.1) is 0 Å². The van der Waals surface area contributed by atoms with E-state index in [0.29, 0.717) is 38.9 Å². The molecule has 0 aliphatic heterocycles. The van der Waals surface area contributed by atoms with Gasteiger partial charge >= 0.3 is 95.6 Å². The Bertz CT molecular complexity index is 175. The Labute approximate surface area is 118 Å². The minimum absolute atomic E-state index is 0. The maximum atomic E-state index is 11.3. The molecule has 0 spiro atoms. The van der Waals surface area contributed by atoms with Crippen molar-refractivity contribution in [1.82, 2.24) is 0 Å². The van der Waals surface area contributed by atoms with Crippen molar-refractivity contribution in [2.75, 3.05) is 6.61 Å². The van der Waals surface area contributed by atoms with E-state index >= 15 is 0 Å². The number of carbonyl (C=O) groups is 1. The van der Waals surface area contributed by atoms with Crippen molar-refractivity contribution in [1.29, 1.82) is 0 Å². The predicted octanol–water partition coefficient (Wildman–Crippen LogP) is 0.996. The molecule has 1 saturated carbocycles. The van der Waals surface area contributed by atoms with Gasteiger partial charge < -0.3 is 13.5 Å². The van der Waals surface area contributed by atoms with E-state index in [-0.39, 0.29) is 35.3 Å². The van der Waals surface area contributed by atoms with Crippen LogP contribution in [0.5, 0.6) is 0 Å². The van der Waals surface area contributed by atoms with Gasteiger partial charge in [0.2, 0.25) is 0 Å². The molecule has 1 rings (SSSR count). The van der Waals surface area contributed by atoms with Crippen LogP contribution in [0.3, 0.4) is 0 Å². The number of hydrogen-bond acceptors (Lipinski definition) is 4. The summed E-state index contributed by atoms with van der Waals surface area (Å²) in [4.78, 5) is 11.3. The Kier molecular flexibility index (Phi) is 12.7. The maximum Gasteiger partial charge on any atom is -0.153 e. The molecule has 1 fully saturated rings. The third-order valence-electron chi connectivity index (χ3n) is 2.49. The minimum atomic E-state index is -0.0169. The average molecular weight is 443 g/mol. The molecule has 0 aromatic carbocycles. The topological polar surface area (TPSA) is 35.5 Å². The maximum absolute atomic E-state index is 11.3. The second-order valence-electron chi connectivity index (χ2n) is 3.36. The first-order valence-electron chi connectivity index (χ1n) is 4.80. The number of esters is 1. The molecule has 1 atom stereocenters. The summed E-state index contributed by atoms with van der Waals surface area (Å²) >= 11 is 0.620. The molecule has 15 heavy (non-hydrogen) atoms. The van der Waals surface area contributed by atoms with Gasteiger partial charge in [-0.3, -0.25) is 0 Å². The Morgan fingerprint density at radius 1 is 1.33 bits per heavy atom. The van der Waals surface area contributed by atoms with E-state index in [4.69, 9.17) is 7.42 Å². The smallest absolute Gasteiger partial charge is 0.153 e. The van der Waals surface area contributed by atoms with Crippen LogP contribution < -0.4 is 0 Å². The number of carbonyl (C=O) groups excluding carboxylic acids is 1. The number of ether oxygens (including phenoxy) is 1. The molecular weight excluding hydrogens is 424 g/mol. The predicted molar refractivity (Wildman–Crippen MR) is 69.1 cm³/mol. The van der Waals surface area contributed by atoms with Gasteiger partial charge in [-0.1, -0.05) is 0 Å². The minimum Gasteiger partial charge on any atom is -0.813 e. The fourth-order valence-corrected chi connectivity index (χ4v) is 2.75. The summed E-state index contributed by atoms with van der Waals surface area (Å²) in [5.74, 6) is 0.119. The van der Waals surface area contributed by atoms with Crippen LogP contribution in [0.15, 0.2) is 0 Å². The van der Waals surface area contributed by atoms with E-state index in [0.717, 1.165) is 25.7 Å². The van der Waals surface area contributed by atoms with Crippen molar-refractivity contribution in [3.05, 3.63) is 0 Å². The zero-order valence-corrected chi connectivity index (χ0v) is 15.9. The van der Waals surface area contributed by atoms with E-state index in [2.05, 4.69) is 0 Å². The Morgan fingerprint density at radius 3 is 2.27 bits per heavy atom. The van der Waals surface area contributed by atoms with E-state index in [1.54, 1.807) is 0 Å². The SMILES string of the molecule is CCOC(=O)C1CCC([O][Tl])CC1.P.[SH-]. The molecule has 0 aromatic rings. The van der Waals surface area contributed by atoms with Gasteiger partial charge in [-0.25, -0.2) is 0 Å². The first kappa shape index (κ1) is 18.5. The standard InChI is InChI=1S/C9H15O3.H3P.H2S.Tl/c1-2-12-9(11)7-3-5-8(10)6-4-7;;;/h7-8H,2-6H2,1H3;1H3;1H2;/q-1;;;+1/p-1. The summed E-state index contributed by atoms with van der Waals surface area (Å²) in [6.07, 6.45) is 4.36. The van der Waals surface area contributed by atoms with Crippen LogP contribution in [0.1, 0.15) is 32.6 Å². The third-order valence-corrected chi connectivity index (χ3v) is 3.98. The van der Waals surface area contributed by atoms with Gasteiger partial charge in [0, 0.05) is 0 Å². The third kappa shape index (κ3) is 6.44. The molecular formula is C9H19O3PSTl-. The molecule has 1 aliphatic rings. The van der Waals surface area contributed by atoms with Crippen LogP contribution in [-0.4, -0.2) is 44.9 Å². The van der Waals surface area contributed by atoms with Crippen molar-refractivity contribution in [2.45, 2.75) is 38.7 Å². The van der Waals surface area contributed by atoms with Crippen LogP contribution in [-0.2, 0) is 25.7 Å². The van der Waals surface area contributed by atoms with Gasteiger partial charge in [-0.05, 0) is 0 Å². The number of hydrogen-bond donors (Lipinski definition) is 0. The summed E-state index contributed by atoms with van der Waals surface area (Å²) in [6.45, 7) is 2.35. The first-order valence-corrected chi connectivity index (χ1v) is 6.63. The van der Waals surface area contributed by atoms with Crippen LogP contribution in [0.2, 0.25) is 0 Å². The van der Waals surface area contributed by atoms with Gasteiger partial charge in [-0.2, -0.15) is 9.90 Å². The summed E-state index contributed by atoms with van der Waals surface area (Å²) in [6, 6.07) is 0. The second kappa shape index (κ2) is 10.3. The summed E-state index contributed by atoms with van der Waals surface area (Å²) in [5.41, 5.74) is 0. The molecule has 0 saturated heterocycles. The van der Waals surface area contributed by atoms with Gasteiger partial charge in [0.1, 0.15) is 0 Å². The van der Waals surface area contributed by atoms with Crippen molar-refractivity contribution < 1.29 is 12.2 Å². The zero-order chi connectivity index (χ0) is 9.68. The average Bonchev–Trinajstić information content (AvgIpc) is 2.18. The zero-order valence-electron chi connectivity index (χ0n) is 9.15. The van der Waals surface area contributed by atoms with E-state index in [1.807, 2.05) is 6.92 Å². The van der Waals surface area contributed by atoms with Crippen LogP contribution >= 0.6 is 9.90 Å². The molecule has 88 valence electrons. The summed E-state index contributed by atoms with van der Waals surface area (Å²) < 4.78 is 10.4. The van der Waals surface area contributed by atoms with Crippen LogP contribution in [0.25, 0.3) is 0 Å². The van der Waals surface area contributed by atoms with Gasteiger partial charge in [0.15, 0.2) is 0 Å². The summed E-state index contributed by atoms with van der Waals surface area (Å²) in [7, 11) is 0.